The van der Waals surface area contributed by atoms with Crippen molar-refractivity contribution in [3.8, 4) is 6.07 Å². The Hall–Kier alpha value is -1.61. The van der Waals surface area contributed by atoms with Crippen LogP contribution in [0.5, 0.6) is 0 Å². The molecule has 5 nitrogen and oxygen atoms in total. The fourth-order valence-corrected chi connectivity index (χ4v) is 2.09. The smallest absolute Gasteiger partial charge is 0.226 e. The average Bonchev–Trinajstić information content (AvgIpc) is 2.42. The van der Waals surface area contributed by atoms with Crippen molar-refractivity contribution in [1.82, 2.24) is 5.32 Å². The van der Waals surface area contributed by atoms with Crippen molar-refractivity contribution < 1.29 is 9.53 Å². The van der Waals surface area contributed by atoms with Crippen LogP contribution in [-0.4, -0.2) is 31.7 Å². The zero-order valence-electron chi connectivity index (χ0n) is 10.3. The molecule has 0 radical (unpaired) electrons. The predicted octanol–water partition coefficient (Wildman–Crippen LogP) is 1.53. The lowest BCUT2D eigenvalue weighted by Gasteiger charge is -2.23. The summed E-state index contributed by atoms with van der Waals surface area (Å²) in [4.78, 5) is 11.9. The molecule has 1 unspecified atom stereocenters. The number of hydrogen-bond acceptors (Lipinski definition) is 4. The van der Waals surface area contributed by atoms with E-state index in [9.17, 15) is 4.79 Å². The first-order chi connectivity index (χ1) is 9.19. The highest BCUT2D eigenvalue weighted by Gasteiger charge is 2.17. The van der Waals surface area contributed by atoms with Crippen molar-refractivity contribution >= 4 is 23.2 Å². The van der Waals surface area contributed by atoms with Crippen molar-refractivity contribution in [1.29, 1.82) is 5.26 Å². The summed E-state index contributed by atoms with van der Waals surface area (Å²) in [5.41, 5.74) is 0.979. The van der Waals surface area contributed by atoms with Gasteiger partial charge in [0.15, 0.2) is 0 Å². The van der Waals surface area contributed by atoms with Crippen LogP contribution in [0, 0.1) is 11.3 Å². The van der Waals surface area contributed by atoms with E-state index in [4.69, 9.17) is 21.6 Å². The number of benzene rings is 1. The number of amides is 1. The van der Waals surface area contributed by atoms with Crippen LogP contribution in [0.15, 0.2) is 18.2 Å². The zero-order valence-corrected chi connectivity index (χ0v) is 11.0. The van der Waals surface area contributed by atoms with Crippen LogP contribution in [0.1, 0.15) is 12.0 Å². The molecule has 0 bridgehead atoms. The Morgan fingerprint density at radius 2 is 2.47 bits per heavy atom. The minimum Gasteiger partial charge on any atom is -0.378 e. The first-order valence-corrected chi connectivity index (χ1v) is 6.37. The number of hydrogen-bond donors (Lipinski definition) is 2. The summed E-state index contributed by atoms with van der Waals surface area (Å²) in [6.07, 6.45) is 0.330. The first-order valence-electron chi connectivity index (χ1n) is 5.99. The summed E-state index contributed by atoms with van der Waals surface area (Å²) in [6.45, 7) is 1.98. The van der Waals surface area contributed by atoms with E-state index in [1.165, 1.54) is 6.07 Å². The highest BCUT2D eigenvalue weighted by Crippen LogP contribution is 2.23. The molecular weight excluding hydrogens is 266 g/mol. The van der Waals surface area contributed by atoms with Gasteiger partial charge in [0, 0.05) is 19.0 Å². The lowest BCUT2D eigenvalue weighted by Crippen LogP contribution is -2.43. The first kappa shape index (κ1) is 13.8. The number of nitrogens with one attached hydrogen (secondary N) is 2. The minimum absolute atomic E-state index is 0.0332. The molecular formula is C13H14ClN3O2. The Bertz CT molecular complexity index is 507. The fourth-order valence-electron chi connectivity index (χ4n) is 1.86. The van der Waals surface area contributed by atoms with Gasteiger partial charge in [-0.25, -0.2) is 0 Å². The van der Waals surface area contributed by atoms with Gasteiger partial charge in [0.25, 0.3) is 0 Å². The fraction of sp³-hybridized carbons (Fsp3) is 0.385. The Morgan fingerprint density at radius 3 is 3.11 bits per heavy atom. The van der Waals surface area contributed by atoms with Crippen LogP contribution in [0.25, 0.3) is 0 Å². The summed E-state index contributed by atoms with van der Waals surface area (Å²) in [5.74, 6) is -0.130. The van der Waals surface area contributed by atoms with Gasteiger partial charge in [0.05, 0.1) is 35.6 Å². The van der Waals surface area contributed by atoms with Gasteiger partial charge in [-0.05, 0) is 18.2 Å². The van der Waals surface area contributed by atoms with Gasteiger partial charge >= 0.3 is 0 Å². The Balaban J connectivity index is 1.93. The zero-order chi connectivity index (χ0) is 13.7. The molecule has 1 aliphatic heterocycles. The van der Waals surface area contributed by atoms with Gasteiger partial charge in [-0.2, -0.15) is 5.26 Å². The summed E-state index contributed by atoms with van der Waals surface area (Å²) in [5, 5.41) is 15.0. The number of nitriles is 1. The van der Waals surface area contributed by atoms with Crippen molar-refractivity contribution in [2.24, 2.45) is 0 Å². The molecule has 0 aromatic heterocycles. The van der Waals surface area contributed by atoms with E-state index in [2.05, 4.69) is 10.6 Å². The van der Waals surface area contributed by atoms with Gasteiger partial charge in [-0.3, -0.25) is 4.79 Å². The monoisotopic (exact) mass is 279 g/mol. The van der Waals surface area contributed by atoms with Crippen molar-refractivity contribution in [2.45, 2.75) is 12.5 Å². The topological polar surface area (TPSA) is 74.2 Å². The second-order valence-electron chi connectivity index (χ2n) is 4.28. The molecule has 1 heterocycles. The summed E-state index contributed by atoms with van der Waals surface area (Å²) in [7, 11) is 0. The molecule has 0 aliphatic carbocycles. The SMILES string of the molecule is N#Cc1ccc(NC(=O)CC2COCCN2)c(Cl)c1. The van der Waals surface area contributed by atoms with Crippen LogP contribution in [0.2, 0.25) is 5.02 Å². The molecule has 1 saturated heterocycles. The number of nitrogens with zero attached hydrogens (tertiary/aromatic N) is 1. The number of ether oxygens (including phenoxy) is 1. The molecule has 1 aromatic carbocycles. The van der Waals surface area contributed by atoms with Crippen LogP contribution in [0.3, 0.4) is 0 Å². The third kappa shape index (κ3) is 3.93. The summed E-state index contributed by atoms with van der Waals surface area (Å²) >= 11 is 5.99. The molecule has 1 fully saturated rings. The highest BCUT2D eigenvalue weighted by molar-refractivity contribution is 6.33. The lowest BCUT2D eigenvalue weighted by molar-refractivity contribution is -0.117. The van der Waals surface area contributed by atoms with E-state index >= 15 is 0 Å². The summed E-state index contributed by atoms with van der Waals surface area (Å²) < 4.78 is 5.28. The molecule has 0 spiro atoms. The number of morpholine rings is 1. The van der Waals surface area contributed by atoms with E-state index < -0.39 is 0 Å². The van der Waals surface area contributed by atoms with E-state index in [-0.39, 0.29) is 11.9 Å². The highest BCUT2D eigenvalue weighted by atomic mass is 35.5. The molecule has 2 rings (SSSR count). The van der Waals surface area contributed by atoms with Crippen molar-refractivity contribution in [3.05, 3.63) is 28.8 Å². The number of carbonyl (C=O) groups is 1. The van der Waals surface area contributed by atoms with Gasteiger partial charge in [-0.15, -0.1) is 0 Å². The maximum atomic E-state index is 11.9. The third-order valence-electron chi connectivity index (χ3n) is 2.80. The van der Waals surface area contributed by atoms with Crippen molar-refractivity contribution in [2.75, 3.05) is 25.1 Å². The maximum absolute atomic E-state index is 11.9. The third-order valence-corrected chi connectivity index (χ3v) is 3.12. The normalized spacial score (nSPS) is 18.6. The number of halogens is 1. The molecule has 100 valence electrons. The quantitative estimate of drug-likeness (QED) is 0.880. The molecule has 6 heteroatoms. The average molecular weight is 280 g/mol. The van der Waals surface area contributed by atoms with Crippen molar-refractivity contribution in [3.63, 3.8) is 0 Å². The summed E-state index contributed by atoms with van der Waals surface area (Å²) in [6, 6.07) is 6.79. The Labute approximate surface area is 116 Å². The van der Waals surface area contributed by atoms with E-state index in [0.29, 0.717) is 35.9 Å². The van der Waals surface area contributed by atoms with E-state index in [1.807, 2.05) is 6.07 Å². The number of anilines is 1. The lowest BCUT2D eigenvalue weighted by atomic mass is 10.1. The molecule has 1 atom stereocenters. The molecule has 0 saturated carbocycles. The Morgan fingerprint density at radius 1 is 1.63 bits per heavy atom. The predicted molar refractivity (Wildman–Crippen MR) is 72.0 cm³/mol. The molecule has 1 amide bonds. The van der Waals surface area contributed by atoms with Gasteiger partial charge in [-0.1, -0.05) is 11.6 Å². The van der Waals surface area contributed by atoms with Crippen LogP contribution in [-0.2, 0) is 9.53 Å². The van der Waals surface area contributed by atoms with Gasteiger partial charge in [0.1, 0.15) is 0 Å². The molecule has 1 aromatic rings. The second-order valence-corrected chi connectivity index (χ2v) is 4.69. The van der Waals surface area contributed by atoms with E-state index in [1.54, 1.807) is 12.1 Å². The second kappa shape index (κ2) is 6.53. The van der Waals surface area contributed by atoms with Crippen LogP contribution < -0.4 is 10.6 Å². The standard InChI is InChI=1S/C13H14ClN3O2/c14-11-5-9(7-15)1-2-12(11)17-13(18)6-10-8-19-4-3-16-10/h1-2,5,10,16H,3-4,6,8H2,(H,17,18). The maximum Gasteiger partial charge on any atom is 0.226 e. The minimum atomic E-state index is -0.130. The molecule has 19 heavy (non-hydrogen) atoms. The molecule has 1 aliphatic rings. The number of rotatable bonds is 3. The van der Waals surface area contributed by atoms with Gasteiger partial charge < -0.3 is 15.4 Å². The Kier molecular flexibility index (Phi) is 4.74. The van der Waals surface area contributed by atoms with Crippen LogP contribution in [0.4, 0.5) is 5.69 Å². The number of carbonyl (C=O) groups excluding carboxylic acids is 1. The van der Waals surface area contributed by atoms with Crippen LogP contribution >= 0.6 is 11.6 Å². The van der Waals surface area contributed by atoms with Gasteiger partial charge in [0.2, 0.25) is 5.91 Å². The van der Waals surface area contributed by atoms with E-state index in [0.717, 1.165) is 6.54 Å². The molecule has 2 N–H and O–H groups in total. The largest absolute Gasteiger partial charge is 0.378 e.